The Balaban J connectivity index is 1.52. The van der Waals surface area contributed by atoms with Crippen molar-refractivity contribution in [3.05, 3.63) is 65.5 Å². The summed E-state index contributed by atoms with van der Waals surface area (Å²) in [6.07, 6.45) is 0. The molecule has 140 valence electrons. The van der Waals surface area contributed by atoms with Gasteiger partial charge in [0.15, 0.2) is 6.61 Å². The predicted molar refractivity (Wildman–Crippen MR) is 96.2 cm³/mol. The van der Waals surface area contributed by atoms with Crippen molar-refractivity contribution in [3.63, 3.8) is 0 Å². The molecule has 8 nitrogen and oxygen atoms in total. The van der Waals surface area contributed by atoms with Gasteiger partial charge in [-0.2, -0.15) is 9.71 Å². The molecular formula is C17H14ClN3O5S. The summed E-state index contributed by atoms with van der Waals surface area (Å²) in [5.41, 5.74) is 0.691. The van der Waals surface area contributed by atoms with Gasteiger partial charge in [-0.1, -0.05) is 35.0 Å². The van der Waals surface area contributed by atoms with Gasteiger partial charge in [-0.05, 0) is 36.4 Å². The third-order valence-corrected chi connectivity index (χ3v) is 5.06. The molecule has 0 aliphatic carbocycles. The van der Waals surface area contributed by atoms with Crippen molar-refractivity contribution in [1.29, 1.82) is 0 Å². The van der Waals surface area contributed by atoms with Crippen LogP contribution in [0.3, 0.4) is 0 Å². The first kappa shape index (κ1) is 19.0. The lowest BCUT2D eigenvalue weighted by atomic mass is 10.2. The summed E-state index contributed by atoms with van der Waals surface area (Å²) in [5.74, 6) is -0.373. The number of ether oxygens (including phenoxy) is 1. The van der Waals surface area contributed by atoms with Gasteiger partial charge in [-0.15, -0.1) is 0 Å². The second-order valence-corrected chi connectivity index (χ2v) is 7.52. The second kappa shape index (κ2) is 8.30. The summed E-state index contributed by atoms with van der Waals surface area (Å²) in [4.78, 5) is 15.9. The highest BCUT2D eigenvalue weighted by Crippen LogP contribution is 2.18. The van der Waals surface area contributed by atoms with E-state index in [1.807, 2.05) is 0 Å². The smallest absolute Gasteiger partial charge is 0.321 e. The average molecular weight is 408 g/mol. The fraction of sp³-hybridized carbons (Fsp3) is 0.118. The molecule has 0 unspecified atom stereocenters. The molecule has 0 radical (unpaired) electrons. The molecule has 1 aromatic heterocycles. The third-order valence-electron chi connectivity index (χ3n) is 3.39. The summed E-state index contributed by atoms with van der Waals surface area (Å²) in [6, 6.07) is 14.5. The Kier molecular flexibility index (Phi) is 5.84. The zero-order chi connectivity index (χ0) is 19.3. The van der Waals surface area contributed by atoms with Crippen LogP contribution in [0.5, 0.6) is 0 Å². The Morgan fingerprint density at radius 1 is 1.11 bits per heavy atom. The van der Waals surface area contributed by atoms with Gasteiger partial charge in [-0.3, -0.25) is 4.79 Å². The summed E-state index contributed by atoms with van der Waals surface area (Å²) >= 11 is 5.82. The molecular weight excluding hydrogens is 394 g/mol. The summed E-state index contributed by atoms with van der Waals surface area (Å²) in [7, 11) is -3.79. The molecule has 1 N–H and O–H groups in total. The van der Waals surface area contributed by atoms with Crippen molar-refractivity contribution in [1.82, 2.24) is 14.9 Å². The fourth-order valence-corrected chi connectivity index (χ4v) is 3.18. The summed E-state index contributed by atoms with van der Waals surface area (Å²) in [6.45, 7) is -0.790. The van der Waals surface area contributed by atoms with Gasteiger partial charge in [0.2, 0.25) is 15.8 Å². The van der Waals surface area contributed by atoms with E-state index in [-0.39, 0.29) is 17.4 Å². The molecule has 0 atom stereocenters. The molecule has 0 spiro atoms. The molecule has 0 aliphatic rings. The van der Waals surface area contributed by atoms with E-state index in [0.29, 0.717) is 16.4 Å². The lowest BCUT2D eigenvalue weighted by Crippen LogP contribution is -2.30. The number of esters is 1. The average Bonchev–Trinajstić information content (AvgIpc) is 3.15. The number of hydrogen-bond donors (Lipinski definition) is 1. The lowest BCUT2D eigenvalue weighted by molar-refractivity contribution is -0.144. The second-order valence-electron chi connectivity index (χ2n) is 5.32. The number of rotatable bonds is 7. The van der Waals surface area contributed by atoms with E-state index in [1.165, 1.54) is 12.1 Å². The maximum absolute atomic E-state index is 12.0. The minimum absolute atomic E-state index is 0.0577. The maximum Gasteiger partial charge on any atom is 0.321 e. The first-order valence-corrected chi connectivity index (χ1v) is 9.59. The Hall–Kier alpha value is -2.75. The first-order chi connectivity index (χ1) is 12.9. The largest absolute Gasteiger partial charge is 0.455 e. The Bertz CT molecular complexity index is 1020. The van der Waals surface area contributed by atoms with Crippen LogP contribution in [-0.4, -0.2) is 31.1 Å². The van der Waals surface area contributed by atoms with Crippen molar-refractivity contribution < 1.29 is 22.5 Å². The fourth-order valence-electron chi connectivity index (χ4n) is 2.06. The quantitative estimate of drug-likeness (QED) is 0.598. The van der Waals surface area contributed by atoms with E-state index < -0.39 is 22.5 Å². The number of nitrogens with zero attached hydrogens (tertiary/aromatic N) is 2. The molecule has 0 saturated carbocycles. The molecule has 3 aromatic rings. The molecule has 0 bridgehead atoms. The van der Waals surface area contributed by atoms with Crippen LogP contribution in [0, 0.1) is 0 Å². The molecule has 10 heteroatoms. The van der Waals surface area contributed by atoms with Crippen molar-refractivity contribution >= 4 is 27.6 Å². The normalized spacial score (nSPS) is 11.3. The first-order valence-electron chi connectivity index (χ1n) is 7.73. The van der Waals surface area contributed by atoms with Gasteiger partial charge in [0, 0.05) is 10.6 Å². The van der Waals surface area contributed by atoms with Crippen LogP contribution in [0.4, 0.5) is 0 Å². The Morgan fingerprint density at radius 3 is 2.52 bits per heavy atom. The maximum atomic E-state index is 12.0. The number of sulfonamides is 1. The summed E-state index contributed by atoms with van der Waals surface area (Å²) < 4.78 is 36.2. The summed E-state index contributed by atoms with van der Waals surface area (Å²) in [5, 5.41) is 4.37. The van der Waals surface area contributed by atoms with E-state index in [1.54, 1.807) is 42.5 Å². The van der Waals surface area contributed by atoms with Crippen molar-refractivity contribution in [3.8, 4) is 11.4 Å². The Labute approximate surface area is 160 Å². The van der Waals surface area contributed by atoms with Crippen LogP contribution < -0.4 is 4.72 Å². The van der Waals surface area contributed by atoms with Crippen LogP contribution >= 0.6 is 11.6 Å². The standard InChI is InChI=1S/C17H14ClN3O5S/c18-13-8-6-12(7-9-13)17-20-15(26-21-17)11-25-16(22)10-19-27(23,24)14-4-2-1-3-5-14/h1-9,19H,10-11H2. The zero-order valence-corrected chi connectivity index (χ0v) is 15.4. The van der Waals surface area contributed by atoms with Crippen LogP contribution in [-0.2, 0) is 26.2 Å². The monoisotopic (exact) mass is 407 g/mol. The van der Waals surface area contributed by atoms with E-state index in [2.05, 4.69) is 14.9 Å². The Morgan fingerprint density at radius 2 is 1.81 bits per heavy atom. The third kappa shape index (κ3) is 5.13. The van der Waals surface area contributed by atoms with Crippen molar-refractivity contribution in [2.75, 3.05) is 6.54 Å². The molecule has 0 amide bonds. The predicted octanol–water partition coefficient (Wildman–Crippen LogP) is 2.41. The van der Waals surface area contributed by atoms with Gasteiger partial charge >= 0.3 is 5.97 Å². The van der Waals surface area contributed by atoms with Crippen LogP contribution in [0.15, 0.2) is 64.0 Å². The number of hydrogen-bond acceptors (Lipinski definition) is 7. The zero-order valence-electron chi connectivity index (χ0n) is 13.8. The van der Waals surface area contributed by atoms with Crippen LogP contribution in [0.2, 0.25) is 5.02 Å². The molecule has 1 heterocycles. The minimum atomic E-state index is -3.79. The number of carbonyl (C=O) groups is 1. The van der Waals surface area contributed by atoms with Crippen LogP contribution in [0.1, 0.15) is 5.89 Å². The van der Waals surface area contributed by atoms with Gasteiger partial charge in [0.25, 0.3) is 5.89 Å². The van der Waals surface area contributed by atoms with Crippen molar-refractivity contribution in [2.24, 2.45) is 0 Å². The highest BCUT2D eigenvalue weighted by Gasteiger charge is 2.16. The molecule has 0 fully saturated rings. The molecule has 0 saturated heterocycles. The van der Waals surface area contributed by atoms with Crippen molar-refractivity contribution in [2.45, 2.75) is 11.5 Å². The number of benzene rings is 2. The number of halogens is 1. The van der Waals surface area contributed by atoms with E-state index in [9.17, 15) is 13.2 Å². The SMILES string of the molecule is O=C(CNS(=O)(=O)c1ccccc1)OCc1nc(-c2ccc(Cl)cc2)no1. The minimum Gasteiger partial charge on any atom is -0.455 e. The lowest BCUT2D eigenvalue weighted by Gasteiger charge is -2.06. The molecule has 2 aromatic carbocycles. The number of aromatic nitrogens is 2. The molecule has 27 heavy (non-hydrogen) atoms. The number of nitrogens with one attached hydrogen (secondary N) is 1. The van der Waals surface area contributed by atoms with E-state index in [0.717, 1.165) is 0 Å². The molecule has 0 aliphatic heterocycles. The van der Waals surface area contributed by atoms with Crippen LogP contribution in [0.25, 0.3) is 11.4 Å². The van der Waals surface area contributed by atoms with Gasteiger partial charge in [-0.25, -0.2) is 8.42 Å². The van der Waals surface area contributed by atoms with Gasteiger partial charge in [0.05, 0.1) is 4.90 Å². The van der Waals surface area contributed by atoms with Gasteiger partial charge < -0.3 is 9.26 Å². The highest BCUT2D eigenvalue weighted by atomic mass is 35.5. The highest BCUT2D eigenvalue weighted by molar-refractivity contribution is 7.89. The van der Waals surface area contributed by atoms with Gasteiger partial charge in [0.1, 0.15) is 6.54 Å². The van der Waals surface area contributed by atoms with E-state index >= 15 is 0 Å². The topological polar surface area (TPSA) is 111 Å². The number of carbonyl (C=O) groups excluding carboxylic acids is 1. The molecule has 3 rings (SSSR count). The van der Waals surface area contributed by atoms with E-state index in [4.69, 9.17) is 20.9 Å².